The van der Waals surface area contributed by atoms with E-state index in [1.807, 2.05) is 6.92 Å². The van der Waals surface area contributed by atoms with Crippen molar-refractivity contribution >= 4 is 17.7 Å². The minimum Gasteiger partial charge on any atom is -0.349 e. The summed E-state index contributed by atoms with van der Waals surface area (Å²) in [6.45, 7) is 4.11. The van der Waals surface area contributed by atoms with Gasteiger partial charge in [-0.3, -0.25) is 9.89 Å². The number of nitrogens with one attached hydrogen (secondary N) is 2. The molecule has 0 radical (unpaired) electrons. The Bertz CT molecular complexity index is 539. The zero-order valence-corrected chi connectivity index (χ0v) is 12.4. The number of carbonyl (C=O) groups is 1. The zero-order valence-electron chi connectivity index (χ0n) is 11.6. The third-order valence-electron chi connectivity index (χ3n) is 3.00. The Morgan fingerprint density at radius 3 is 2.75 bits per heavy atom. The summed E-state index contributed by atoms with van der Waals surface area (Å²) in [5.41, 5.74) is 2.41. The van der Waals surface area contributed by atoms with Crippen molar-refractivity contribution in [3.8, 4) is 0 Å². The van der Waals surface area contributed by atoms with E-state index in [0.29, 0.717) is 10.9 Å². The number of amides is 1. The van der Waals surface area contributed by atoms with Crippen LogP contribution in [0.15, 0.2) is 35.7 Å². The number of H-pyrrole nitrogens is 1. The van der Waals surface area contributed by atoms with Crippen molar-refractivity contribution in [1.82, 2.24) is 20.5 Å². The molecule has 2 aromatic rings. The lowest BCUT2D eigenvalue weighted by Gasteiger charge is -2.14. The maximum Gasteiger partial charge on any atom is 0.230 e. The highest BCUT2D eigenvalue weighted by Gasteiger charge is 2.10. The Balaban J connectivity index is 1.83. The molecular formula is C14H18N4OS. The smallest absolute Gasteiger partial charge is 0.230 e. The minimum atomic E-state index is -0.0153. The van der Waals surface area contributed by atoms with Gasteiger partial charge >= 0.3 is 0 Å². The molecule has 1 aromatic carbocycles. The molecule has 0 aliphatic carbocycles. The first kappa shape index (κ1) is 14.6. The molecule has 20 heavy (non-hydrogen) atoms. The molecule has 106 valence electrons. The summed E-state index contributed by atoms with van der Waals surface area (Å²) in [6.07, 6.45) is 2.45. The van der Waals surface area contributed by atoms with Crippen molar-refractivity contribution in [3.05, 3.63) is 41.7 Å². The molecule has 0 spiro atoms. The predicted octanol–water partition coefficient (Wildman–Crippen LogP) is 2.34. The number of aromatic amines is 1. The maximum atomic E-state index is 11.9. The zero-order chi connectivity index (χ0) is 14.4. The fourth-order valence-corrected chi connectivity index (χ4v) is 2.40. The molecule has 0 unspecified atom stereocenters. The number of rotatable bonds is 6. The van der Waals surface area contributed by atoms with E-state index < -0.39 is 0 Å². The lowest BCUT2D eigenvalue weighted by atomic mass is 10.1. The largest absolute Gasteiger partial charge is 0.349 e. The minimum absolute atomic E-state index is 0.00346. The molecule has 2 N–H and O–H groups in total. The average Bonchev–Trinajstić information content (AvgIpc) is 2.98. The third kappa shape index (κ3) is 4.09. The van der Waals surface area contributed by atoms with Gasteiger partial charge in [0.15, 0.2) is 5.16 Å². The van der Waals surface area contributed by atoms with Crippen LogP contribution in [-0.2, 0) is 11.2 Å². The second-order valence-electron chi connectivity index (χ2n) is 4.46. The SMILES string of the molecule is CCc1ccc([C@@H](C)NC(=O)CSc2ncn[nH]2)cc1. The summed E-state index contributed by atoms with van der Waals surface area (Å²) in [4.78, 5) is 15.8. The van der Waals surface area contributed by atoms with Crippen LogP contribution in [-0.4, -0.2) is 26.8 Å². The van der Waals surface area contributed by atoms with E-state index in [1.165, 1.54) is 23.7 Å². The Labute approximate surface area is 122 Å². The number of hydrogen-bond donors (Lipinski definition) is 2. The van der Waals surface area contributed by atoms with E-state index in [4.69, 9.17) is 0 Å². The van der Waals surface area contributed by atoms with Gasteiger partial charge in [0.1, 0.15) is 6.33 Å². The first-order valence-corrected chi connectivity index (χ1v) is 7.54. The van der Waals surface area contributed by atoms with Gasteiger partial charge in [0.25, 0.3) is 0 Å². The molecule has 2 rings (SSSR count). The third-order valence-corrected chi connectivity index (χ3v) is 3.88. The van der Waals surface area contributed by atoms with Gasteiger partial charge in [0, 0.05) is 0 Å². The first-order valence-electron chi connectivity index (χ1n) is 6.55. The van der Waals surface area contributed by atoms with Gasteiger partial charge < -0.3 is 5.32 Å². The lowest BCUT2D eigenvalue weighted by Crippen LogP contribution is -2.28. The Morgan fingerprint density at radius 1 is 1.40 bits per heavy atom. The summed E-state index contributed by atoms with van der Waals surface area (Å²) in [6, 6.07) is 8.33. The van der Waals surface area contributed by atoms with Gasteiger partial charge in [-0.05, 0) is 24.5 Å². The summed E-state index contributed by atoms with van der Waals surface area (Å²) in [5, 5.41) is 10.1. The molecule has 1 heterocycles. The van der Waals surface area contributed by atoms with E-state index in [0.717, 1.165) is 12.0 Å². The van der Waals surface area contributed by atoms with Gasteiger partial charge in [-0.25, -0.2) is 4.98 Å². The van der Waals surface area contributed by atoms with Crippen LogP contribution in [0.4, 0.5) is 0 Å². The van der Waals surface area contributed by atoms with Gasteiger partial charge in [-0.15, -0.1) is 0 Å². The number of thioether (sulfide) groups is 1. The standard InChI is InChI=1S/C14H18N4OS/c1-3-11-4-6-12(7-5-11)10(2)17-13(19)8-20-14-15-9-16-18-14/h4-7,9-10H,3,8H2,1-2H3,(H,17,19)(H,15,16,18)/t10-/m1/s1. The fourth-order valence-electron chi connectivity index (χ4n) is 1.81. The number of hydrogen-bond acceptors (Lipinski definition) is 4. The van der Waals surface area contributed by atoms with Crippen molar-refractivity contribution < 1.29 is 4.79 Å². The van der Waals surface area contributed by atoms with Crippen molar-refractivity contribution in [3.63, 3.8) is 0 Å². The number of aryl methyl sites for hydroxylation is 1. The molecule has 0 fully saturated rings. The van der Waals surface area contributed by atoms with Gasteiger partial charge in [-0.1, -0.05) is 43.0 Å². The van der Waals surface area contributed by atoms with Crippen LogP contribution < -0.4 is 5.32 Å². The average molecular weight is 290 g/mol. The molecule has 0 saturated carbocycles. The van der Waals surface area contributed by atoms with Crippen molar-refractivity contribution in [2.75, 3.05) is 5.75 Å². The van der Waals surface area contributed by atoms with Crippen molar-refractivity contribution in [2.24, 2.45) is 0 Å². The first-order chi connectivity index (χ1) is 9.69. The van der Waals surface area contributed by atoms with Crippen LogP contribution in [0.25, 0.3) is 0 Å². The normalized spacial score (nSPS) is 12.1. The molecule has 0 aliphatic rings. The van der Waals surface area contributed by atoms with Crippen LogP contribution in [0, 0.1) is 0 Å². The highest BCUT2D eigenvalue weighted by Crippen LogP contribution is 2.15. The van der Waals surface area contributed by atoms with E-state index in [9.17, 15) is 4.79 Å². The summed E-state index contributed by atoms with van der Waals surface area (Å²) in [5.74, 6) is 0.311. The van der Waals surface area contributed by atoms with Crippen LogP contribution in [0.3, 0.4) is 0 Å². The molecular weight excluding hydrogens is 272 g/mol. The topological polar surface area (TPSA) is 70.7 Å². The van der Waals surface area contributed by atoms with Crippen molar-refractivity contribution in [2.45, 2.75) is 31.5 Å². The van der Waals surface area contributed by atoms with Crippen LogP contribution in [0.5, 0.6) is 0 Å². The molecule has 1 aromatic heterocycles. The Kier molecular flexibility index (Phi) is 5.17. The van der Waals surface area contributed by atoms with Gasteiger partial charge in [-0.2, -0.15) is 5.10 Å². The maximum absolute atomic E-state index is 11.9. The quantitative estimate of drug-likeness (QED) is 0.801. The summed E-state index contributed by atoms with van der Waals surface area (Å²) in [7, 11) is 0. The summed E-state index contributed by atoms with van der Waals surface area (Å²) >= 11 is 1.34. The molecule has 6 heteroatoms. The van der Waals surface area contributed by atoms with E-state index in [-0.39, 0.29) is 11.9 Å². The van der Waals surface area contributed by atoms with Crippen LogP contribution >= 0.6 is 11.8 Å². The highest BCUT2D eigenvalue weighted by atomic mass is 32.2. The summed E-state index contributed by atoms with van der Waals surface area (Å²) < 4.78 is 0. The molecule has 5 nitrogen and oxygen atoms in total. The second-order valence-corrected chi connectivity index (χ2v) is 5.43. The number of nitrogens with zero attached hydrogens (tertiary/aromatic N) is 2. The second kappa shape index (κ2) is 7.09. The predicted molar refractivity (Wildman–Crippen MR) is 79.5 cm³/mol. The van der Waals surface area contributed by atoms with E-state index in [2.05, 4.69) is 51.7 Å². The molecule has 1 amide bonds. The van der Waals surface area contributed by atoms with Crippen molar-refractivity contribution in [1.29, 1.82) is 0 Å². The molecule has 0 aliphatic heterocycles. The van der Waals surface area contributed by atoms with Gasteiger partial charge in [0.2, 0.25) is 5.91 Å². The van der Waals surface area contributed by atoms with Gasteiger partial charge in [0.05, 0.1) is 11.8 Å². The molecule has 1 atom stereocenters. The van der Waals surface area contributed by atoms with E-state index in [1.54, 1.807) is 0 Å². The lowest BCUT2D eigenvalue weighted by molar-refractivity contribution is -0.119. The van der Waals surface area contributed by atoms with Crippen LogP contribution in [0.2, 0.25) is 0 Å². The van der Waals surface area contributed by atoms with E-state index >= 15 is 0 Å². The Morgan fingerprint density at radius 2 is 2.15 bits per heavy atom. The monoisotopic (exact) mass is 290 g/mol. The Hall–Kier alpha value is -1.82. The number of aromatic nitrogens is 3. The number of benzene rings is 1. The highest BCUT2D eigenvalue weighted by molar-refractivity contribution is 7.99. The fraction of sp³-hybridized carbons (Fsp3) is 0.357. The molecule has 0 bridgehead atoms. The number of carbonyl (C=O) groups excluding carboxylic acids is 1. The molecule has 0 saturated heterocycles. The van der Waals surface area contributed by atoms with Crippen LogP contribution in [0.1, 0.15) is 31.0 Å².